The van der Waals surface area contributed by atoms with E-state index in [4.69, 9.17) is 16.3 Å². The minimum absolute atomic E-state index is 0.282. The third kappa shape index (κ3) is 7.25. The van der Waals surface area contributed by atoms with Crippen LogP contribution in [0.3, 0.4) is 0 Å². The summed E-state index contributed by atoms with van der Waals surface area (Å²) >= 11 is 6.08. The normalized spacial score (nSPS) is 10.9. The molecule has 0 aliphatic carbocycles. The summed E-state index contributed by atoms with van der Waals surface area (Å²) < 4.78 is 5.43. The lowest BCUT2D eigenvalue weighted by Gasteiger charge is -2.08. The first-order chi connectivity index (χ1) is 18.5. The van der Waals surface area contributed by atoms with Gasteiger partial charge in [-0.2, -0.15) is 5.10 Å². The lowest BCUT2D eigenvalue weighted by Crippen LogP contribution is -2.18. The number of nitrogens with zero attached hydrogens (tertiary/aromatic N) is 1. The van der Waals surface area contributed by atoms with E-state index in [0.29, 0.717) is 21.8 Å². The van der Waals surface area contributed by atoms with Gasteiger partial charge >= 0.3 is 5.97 Å². The quantitative estimate of drug-likeness (QED) is 0.0976. The van der Waals surface area contributed by atoms with E-state index in [1.54, 1.807) is 72.8 Å². The first-order valence-corrected chi connectivity index (χ1v) is 11.9. The van der Waals surface area contributed by atoms with E-state index in [9.17, 15) is 14.4 Å². The standard InChI is InChI=1S/C30H22ClN3O4/c31-26-15-6-5-14-25(26)30(37)33-24-13-8-12-22(19-24)29(36)34-32-20-23-11-4-7-16-27(23)38-28(35)18-17-21-9-2-1-3-10-21/h1-20H,(H,33,37)(H,34,36)/b18-17+,32-20?. The number of hydrogen-bond donors (Lipinski definition) is 2. The Bertz CT molecular complexity index is 1520. The molecule has 8 heteroatoms. The Hall–Kier alpha value is -5.01. The highest BCUT2D eigenvalue weighted by Crippen LogP contribution is 2.19. The molecular weight excluding hydrogens is 502 g/mol. The molecule has 188 valence electrons. The maximum atomic E-state index is 12.6. The lowest BCUT2D eigenvalue weighted by atomic mass is 10.1. The summed E-state index contributed by atoms with van der Waals surface area (Å²) in [5.74, 6) is -1.14. The molecule has 7 nitrogen and oxygen atoms in total. The van der Waals surface area contributed by atoms with Crippen LogP contribution in [-0.2, 0) is 4.79 Å². The number of carbonyl (C=O) groups is 3. The van der Waals surface area contributed by atoms with E-state index < -0.39 is 17.8 Å². The Morgan fingerprint density at radius 3 is 2.34 bits per heavy atom. The van der Waals surface area contributed by atoms with Crippen molar-refractivity contribution >= 4 is 47.4 Å². The van der Waals surface area contributed by atoms with Crippen LogP contribution in [0.4, 0.5) is 5.69 Å². The second-order valence-electron chi connectivity index (χ2n) is 7.92. The first kappa shape index (κ1) is 26.1. The summed E-state index contributed by atoms with van der Waals surface area (Å²) in [7, 11) is 0. The summed E-state index contributed by atoms with van der Waals surface area (Å²) in [5.41, 5.74) is 4.83. The first-order valence-electron chi connectivity index (χ1n) is 11.5. The smallest absolute Gasteiger partial charge is 0.336 e. The Kier molecular flexibility index (Phi) is 8.78. The van der Waals surface area contributed by atoms with E-state index in [2.05, 4.69) is 15.8 Å². The van der Waals surface area contributed by atoms with Crippen LogP contribution in [0.25, 0.3) is 6.08 Å². The molecule has 0 bridgehead atoms. The minimum Gasteiger partial charge on any atom is -0.423 e. The van der Waals surface area contributed by atoms with E-state index in [-0.39, 0.29) is 11.3 Å². The van der Waals surface area contributed by atoms with Gasteiger partial charge in [0, 0.05) is 22.9 Å². The number of hydrazone groups is 1. The molecule has 0 atom stereocenters. The number of nitrogens with one attached hydrogen (secondary N) is 2. The number of carbonyl (C=O) groups excluding carboxylic acids is 3. The van der Waals surface area contributed by atoms with Crippen LogP contribution in [0.1, 0.15) is 31.8 Å². The molecule has 0 heterocycles. The molecular formula is C30H22ClN3O4. The van der Waals surface area contributed by atoms with Crippen molar-refractivity contribution in [1.29, 1.82) is 0 Å². The van der Waals surface area contributed by atoms with Crippen molar-refractivity contribution in [2.45, 2.75) is 0 Å². The van der Waals surface area contributed by atoms with Gasteiger partial charge in [-0.25, -0.2) is 10.2 Å². The van der Waals surface area contributed by atoms with Crippen LogP contribution < -0.4 is 15.5 Å². The van der Waals surface area contributed by atoms with Crippen molar-refractivity contribution in [3.05, 3.63) is 136 Å². The monoisotopic (exact) mass is 523 g/mol. The van der Waals surface area contributed by atoms with Crippen LogP contribution in [0, 0.1) is 0 Å². The number of esters is 1. The largest absolute Gasteiger partial charge is 0.423 e. The van der Waals surface area contributed by atoms with E-state index in [1.165, 1.54) is 18.4 Å². The number of rotatable bonds is 8. The average molecular weight is 524 g/mol. The van der Waals surface area contributed by atoms with Gasteiger partial charge in [0.1, 0.15) is 5.75 Å². The molecule has 0 aliphatic heterocycles. The lowest BCUT2D eigenvalue weighted by molar-refractivity contribution is -0.128. The predicted octanol–water partition coefficient (Wildman–Crippen LogP) is 5.98. The van der Waals surface area contributed by atoms with Crippen LogP contribution >= 0.6 is 11.6 Å². The molecule has 4 rings (SSSR count). The van der Waals surface area contributed by atoms with Crippen molar-refractivity contribution in [3.63, 3.8) is 0 Å². The third-order valence-corrected chi connectivity index (χ3v) is 5.54. The molecule has 0 spiro atoms. The van der Waals surface area contributed by atoms with Gasteiger partial charge in [-0.1, -0.05) is 72.3 Å². The van der Waals surface area contributed by atoms with Crippen molar-refractivity contribution < 1.29 is 19.1 Å². The molecule has 2 N–H and O–H groups in total. The van der Waals surface area contributed by atoms with Gasteiger partial charge in [-0.3, -0.25) is 9.59 Å². The second-order valence-corrected chi connectivity index (χ2v) is 8.32. The highest BCUT2D eigenvalue weighted by atomic mass is 35.5. The maximum Gasteiger partial charge on any atom is 0.336 e. The van der Waals surface area contributed by atoms with Crippen molar-refractivity contribution in [2.75, 3.05) is 5.32 Å². The van der Waals surface area contributed by atoms with Gasteiger partial charge in [-0.05, 0) is 54.1 Å². The predicted molar refractivity (Wildman–Crippen MR) is 148 cm³/mol. The van der Waals surface area contributed by atoms with Crippen LogP contribution in [0.2, 0.25) is 5.02 Å². The summed E-state index contributed by atoms with van der Waals surface area (Å²) in [6, 6.07) is 29.3. The Labute approximate surface area is 224 Å². The van der Waals surface area contributed by atoms with Crippen LogP contribution in [0.15, 0.2) is 114 Å². The van der Waals surface area contributed by atoms with Gasteiger partial charge in [0.05, 0.1) is 16.8 Å². The topological polar surface area (TPSA) is 96.9 Å². The molecule has 4 aromatic rings. The number of ether oxygens (including phenoxy) is 1. The molecule has 0 unspecified atom stereocenters. The molecule has 0 radical (unpaired) electrons. The molecule has 0 saturated heterocycles. The molecule has 38 heavy (non-hydrogen) atoms. The number of amides is 2. The van der Waals surface area contributed by atoms with Gasteiger partial charge in [0.2, 0.25) is 0 Å². The molecule has 0 fully saturated rings. The second kappa shape index (κ2) is 12.8. The van der Waals surface area contributed by atoms with Gasteiger partial charge < -0.3 is 10.1 Å². The Morgan fingerprint density at radius 1 is 0.789 bits per heavy atom. The average Bonchev–Trinajstić information content (AvgIpc) is 2.93. The Balaban J connectivity index is 1.37. The summed E-state index contributed by atoms with van der Waals surface area (Å²) in [6.07, 6.45) is 4.37. The van der Waals surface area contributed by atoms with E-state index >= 15 is 0 Å². The van der Waals surface area contributed by atoms with Crippen LogP contribution in [0.5, 0.6) is 5.75 Å². The summed E-state index contributed by atoms with van der Waals surface area (Å²) in [4.78, 5) is 37.4. The molecule has 0 saturated carbocycles. The van der Waals surface area contributed by atoms with Gasteiger partial charge in [-0.15, -0.1) is 0 Å². The summed E-state index contributed by atoms with van der Waals surface area (Å²) in [6.45, 7) is 0. The molecule has 2 amide bonds. The molecule has 0 aromatic heterocycles. The highest BCUT2D eigenvalue weighted by Gasteiger charge is 2.12. The van der Waals surface area contributed by atoms with Gasteiger partial charge in [0.15, 0.2) is 0 Å². The van der Waals surface area contributed by atoms with Crippen LogP contribution in [-0.4, -0.2) is 24.0 Å². The number of benzene rings is 4. The zero-order chi connectivity index (χ0) is 26.7. The number of hydrogen-bond acceptors (Lipinski definition) is 5. The van der Waals surface area contributed by atoms with Crippen molar-refractivity contribution in [1.82, 2.24) is 5.43 Å². The zero-order valence-corrected chi connectivity index (χ0v) is 20.8. The fourth-order valence-electron chi connectivity index (χ4n) is 3.36. The van der Waals surface area contributed by atoms with Crippen molar-refractivity contribution in [2.24, 2.45) is 5.10 Å². The van der Waals surface area contributed by atoms with Gasteiger partial charge in [0.25, 0.3) is 11.8 Å². The molecule has 4 aromatic carbocycles. The minimum atomic E-state index is -0.547. The van der Waals surface area contributed by atoms with E-state index in [0.717, 1.165) is 5.56 Å². The van der Waals surface area contributed by atoms with E-state index in [1.807, 2.05) is 30.3 Å². The molecule has 0 aliphatic rings. The fraction of sp³-hybridized carbons (Fsp3) is 0. The zero-order valence-electron chi connectivity index (χ0n) is 20.0. The number of anilines is 1. The highest BCUT2D eigenvalue weighted by molar-refractivity contribution is 6.34. The number of para-hydroxylation sites is 1. The third-order valence-electron chi connectivity index (χ3n) is 5.21. The Morgan fingerprint density at radius 2 is 1.53 bits per heavy atom. The number of halogens is 1. The fourth-order valence-corrected chi connectivity index (χ4v) is 3.58. The summed E-state index contributed by atoms with van der Waals surface area (Å²) in [5, 5.41) is 7.04. The van der Waals surface area contributed by atoms with Crippen molar-refractivity contribution in [3.8, 4) is 5.75 Å². The maximum absolute atomic E-state index is 12.6. The SMILES string of the molecule is O=C(/C=C/c1ccccc1)Oc1ccccc1C=NNC(=O)c1cccc(NC(=O)c2ccccc2Cl)c1.